The molecule has 0 aliphatic heterocycles. The molecule has 0 fully saturated rings. The van der Waals surface area contributed by atoms with Crippen LogP contribution in [-0.4, -0.2) is 41.6 Å². The summed E-state index contributed by atoms with van der Waals surface area (Å²) in [4.78, 5) is 31.9. The zero-order valence-electron chi connectivity index (χ0n) is 26.1. The number of carboxylic acid groups (broad SMARTS) is 3. The van der Waals surface area contributed by atoms with Crippen LogP contribution in [0.15, 0.2) is 54.6 Å². The fourth-order valence-corrected chi connectivity index (χ4v) is 3.94. The summed E-state index contributed by atoms with van der Waals surface area (Å²) >= 11 is 0. The normalized spacial score (nSPS) is 11.1. The van der Waals surface area contributed by atoms with Gasteiger partial charge in [-0.05, 0) is 51.1 Å². The van der Waals surface area contributed by atoms with Crippen LogP contribution in [-0.2, 0) is 16.2 Å². The van der Waals surface area contributed by atoms with E-state index in [1.807, 2.05) is 62.3 Å². The van der Waals surface area contributed by atoms with Crippen LogP contribution in [0, 0.1) is 0 Å². The number of carbonyl (C=O) groups is 3. The van der Waals surface area contributed by atoms with Gasteiger partial charge >= 0.3 is 8.41 Å². The maximum Gasteiger partial charge on any atom is 3.00 e. The second-order valence-corrected chi connectivity index (χ2v) is 12.7. The fraction of sp³-hybridized carbons (Fsp3) is 0.364. The Morgan fingerprint density at radius 3 is 0.791 bits per heavy atom. The Hall–Kier alpha value is -4.47. The van der Waals surface area contributed by atoms with Crippen LogP contribution in [0.1, 0.15) is 110 Å². The molecular weight excluding hydrogens is 551 g/mol. The van der Waals surface area contributed by atoms with Gasteiger partial charge in [0.25, 0.3) is 0 Å². The van der Waals surface area contributed by atoms with Crippen LogP contribution < -0.4 is 15.3 Å². The minimum absolute atomic E-state index is 0. The molecule has 0 unspecified atom stereocenters. The Labute approximate surface area is 255 Å². The minimum atomic E-state index is -1.35. The van der Waals surface area contributed by atoms with Gasteiger partial charge in [0.2, 0.25) is 0 Å². The van der Waals surface area contributed by atoms with E-state index in [0.717, 1.165) is 0 Å². The maximum atomic E-state index is 10.6. The summed E-state index contributed by atoms with van der Waals surface area (Å²) in [6, 6.07) is 13.9. The van der Waals surface area contributed by atoms with Crippen LogP contribution in [0.5, 0.6) is 17.2 Å². The number of carboxylic acids is 3. The van der Waals surface area contributed by atoms with Crippen LogP contribution in [0.3, 0.4) is 0 Å². The summed E-state index contributed by atoms with van der Waals surface area (Å²) in [5.41, 5.74) is 0.519. The first-order valence-corrected chi connectivity index (χ1v) is 13.1. The van der Waals surface area contributed by atoms with Crippen molar-refractivity contribution in [1.82, 2.24) is 0 Å². The SMILES string of the molecule is CC(C)(C)c1cccc(C(=O)[O-])c1O.CC(C)(C)c1cccc(C(=O)[O-])c1O.CC(C)(C)c1cccc(C(=O)[O-])c1O.[B+3]. The quantitative estimate of drug-likeness (QED) is 0.387. The number of phenols is 3. The predicted octanol–water partition coefficient (Wildman–Crippen LogP) is 2.78. The van der Waals surface area contributed by atoms with Crippen LogP contribution in [0.4, 0.5) is 0 Å². The van der Waals surface area contributed by atoms with Crippen molar-refractivity contribution in [2.24, 2.45) is 0 Å². The molecule has 3 N–H and O–H groups in total. The van der Waals surface area contributed by atoms with Gasteiger partial charge < -0.3 is 45.0 Å². The van der Waals surface area contributed by atoms with E-state index in [1.165, 1.54) is 18.2 Å². The second-order valence-electron chi connectivity index (χ2n) is 12.7. The molecule has 3 aromatic rings. The van der Waals surface area contributed by atoms with Crippen molar-refractivity contribution in [1.29, 1.82) is 0 Å². The average molecular weight is 590 g/mol. The van der Waals surface area contributed by atoms with Crippen molar-refractivity contribution >= 4 is 26.3 Å². The zero-order chi connectivity index (χ0) is 32.8. The van der Waals surface area contributed by atoms with E-state index < -0.39 is 17.9 Å². The monoisotopic (exact) mass is 590 g/mol. The largest absolute Gasteiger partial charge is 3.00 e. The Kier molecular flexibility index (Phi) is 13.1. The number of benzene rings is 3. The Morgan fingerprint density at radius 1 is 0.465 bits per heavy atom. The maximum absolute atomic E-state index is 10.6. The Balaban J connectivity index is 0.000000608. The van der Waals surface area contributed by atoms with Gasteiger partial charge in [-0.2, -0.15) is 0 Å². The summed E-state index contributed by atoms with van der Waals surface area (Å²) in [6.45, 7) is 17.1. The Morgan fingerprint density at radius 2 is 0.651 bits per heavy atom. The molecule has 0 saturated heterocycles. The van der Waals surface area contributed by atoms with Gasteiger partial charge in [0.05, 0.1) is 17.9 Å². The van der Waals surface area contributed by atoms with E-state index in [-0.39, 0.29) is 58.6 Å². The molecular formula is C33H39BO9. The summed E-state index contributed by atoms with van der Waals surface area (Å²) in [5.74, 6) is -4.64. The third-order valence-corrected chi connectivity index (χ3v) is 6.19. The molecule has 43 heavy (non-hydrogen) atoms. The number of aromatic hydroxyl groups is 3. The number of carbonyl (C=O) groups excluding carboxylic acids is 3. The molecule has 10 heteroatoms. The van der Waals surface area contributed by atoms with Crippen LogP contribution in [0.25, 0.3) is 0 Å². The van der Waals surface area contributed by atoms with Gasteiger partial charge in [0.15, 0.2) is 0 Å². The number of hydrogen-bond donors (Lipinski definition) is 3. The third kappa shape index (κ3) is 10.4. The van der Waals surface area contributed by atoms with Crippen molar-refractivity contribution in [2.45, 2.75) is 78.6 Å². The molecule has 0 aliphatic carbocycles. The Bertz CT molecular complexity index is 1270. The summed E-state index contributed by atoms with van der Waals surface area (Å²) in [6.07, 6.45) is 0. The van der Waals surface area contributed by atoms with Crippen molar-refractivity contribution < 1.29 is 45.0 Å². The van der Waals surface area contributed by atoms with Gasteiger partial charge in [-0.15, -0.1) is 0 Å². The zero-order valence-corrected chi connectivity index (χ0v) is 26.1. The minimum Gasteiger partial charge on any atom is -0.545 e. The molecule has 0 radical (unpaired) electrons. The fourth-order valence-electron chi connectivity index (χ4n) is 3.94. The van der Waals surface area contributed by atoms with Gasteiger partial charge in [-0.1, -0.05) is 98.7 Å². The van der Waals surface area contributed by atoms with Crippen molar-refractivity contribution in [3.63, 3.8) is 0 Å². The first-order valence-electron chi connectivity index (χ1n) is 13.1. The van der Waals surface area contributed by atoms with Crippen LogP contribution >= 0.6 is 0 Å². The molecule has 0 aliphatic rings. The first-order chi connectivity index (χ1) is 19.0. The molecule has 0 amide bonds. The van der Waals surface area contributed by atoms with Gasteiger partial charge in [0, 0.05) is 16.7 Å². The van der Waals surface area contributed by atoms with E-state index in [2.05, 4.69) is 0 Å². The van der Waals surface area contributed by atoms with E-state index in [0.29, 0.717) is 16.7 Å². The molecule has 9 nitrogen and oxygen atoms in total. The molecule has 0 aromatic heterocycles. The molecule has 3 rings (SSSR count). The molecule has 3 aromatic carbocycles. The van der Waals surface area contributed by atoms with Crippen molar-refractivity contribution in [3.05, 3.63) is 88.0 Å². The second kappa shape index (κ2) is 14.6. The van der Waals surface area contributed by atoms with E-state index in [4.69, 9.17) is 0 Å². The van der Waals surface area contributed by atoms with Gasteiger partial charge in [-0.25, -0.2) is 0 Å². The number of rotatable bonds is 3. The number of hydrogen-bond acceptors (Lipinski definition) is 9. The topological polar surface area (TPSA) is 181 Å². The average Bonchev–Trinajstić information content (AvgIpc) is 2.82. The van der Waals surface area contributed by atoms with Crippen molar-refractivity contribution in [2.75, 3.05) is 0 Å². The molecule has 0 heterocycles. The summed E-state index contributed by atoms with van der Waals surface area (Å²) in [7, 11) is 0. The first kappa shape index (κ1) is 38.5. The molecule has 0 spiro atoms. The number of aromatic carboxylic acids is 3. The van der Waals surface area contributed by atoms with Gasteiger partial charge in [-0.3, -0.25) is 0 Å². The van der Waals surface area contributed by atoms with Crippen LogP contribution in [0.2, 0.25) is 0 Å². The van der Waals surface area contributed by atoms with Crippen molar-refractivity contribution in [3.8, 4) is 17.2 Å². The van der Waals surface area contributed by atoms with E-state index in [1.54, 1.807) is 36.4 Å². The van der Waals surface area contributed by atoms with Gasteiger partial charge in [0.1, 0.15) is 17.2 Å². The van der Waals surface area contributed by atoms with E-state index >= 15 is 0 Å². The smallest absolute Gasteiger partial charge is 0.545 e. The number of para-hydroxylation sites is 3. The summed E-state index contributed by atoms with van der Waals surface area (Å²) in [5, 5.41) is 60.9. The molecule has 0 bridgehead atoms. The molecule has 228 valence electrons. The molecule has 0 saturated carbocycles. The standard InChI is InChI=1S/3C11H14O3.B/c3*1-11(2,3)8-6-4-5-7(9(8)12)10(13)14;/h3*4-6,12H,1-3H3,(H,13,14);/q;;;+3/p-3. The molecule has 0 atom stereocenters. The predicted molar refractivity (Wildman–Crippen MR) is 159 cm³/mol. The summed E-state index contributed by atoms with van der Waals surface area (Å²) < 4.78 is 0. The van der Waals surface area contributed by atoms with E-state index in [9.17, 15) is 45.0 Å². The third-order valence-electron chi connectivity index (χ3n) is 6.19.